The fourth-order valence-electron chi connectivity index (χ4n) is 4.64. The molecular formula is C24H31N9O2. The van der Waals surface area contributed by atoms with Gasteiger partial charge in [0, 0.05) is 33.4 Å². The summed E-state index contributed by atoms with van der Waals surface area (Å²) in [5, 5.41) is 9.22. The van der Waals surface area contributed by atoms with Crippen molar-refractivity contribution in [1.82, 2.24) is 38.8 Å². The van der Waals surface area contributed by atoms with Crippen molar-refractivity contribution in [3.05, 3.63) is 35.0 Å². The first-order valence-corrected chi connectivity index (χ1v) is 11.7. The summed E-state index contributed by atoms with van der Waals surface area (Å²) >= 11 is 0. The SMILES string of the molecule is CCOc1nn(C)c2c1/C=C/c1cnc3c(N)nc(cn13)-c1c(C)nn(C)c1OC(C)CN(C)C2. The second-order valence-corrected chi connectivity index (χ2v) is 8.96. The van der Waals surface area contributed by atoms with E-state index in [1.54, 1.807) is 10.9 Å². The van der Waals surface area contributed by atoms with Crippen LogP contribution in [0.15, 0.2) is 12.4 Å². The van der Waals surface area contributed by atoms with Gasteiger partial charge in [-0.15, -0.1) is 5.10 Å². The lowest BCUT2D eigenvalue weighted by Crippen LogP contribution is -2.32. The minimum Gasteiger partial charge on any atom is -0.476 e. The standard InChI is InChI=1S/C24H31N9O2/c1-7-34-23-17-9-8-16-10-26-22-21(25)27-18(12-33(16)22)20-15(3)28-32(6)24(20)35-14(2)11-30(4)13-19(17)31(5)29-23/h8-10,12,14H,7,11,13H2,1-6H3,(H2,25,27)/b9-8+. The third-order valence-corrected chi connectivity index (χ3v) is 6.15. The van der Waals surface area contributed by atoms with Gasteiger partial charge in [-0.1, -0.05) is 0 Å². The van der Waals surface area contributed by atoms with Gasteiger partial charge in [0.05, 0.1) is 46.7 Å². The molecule has 2 bridgehead atoms. The van der Waals surface area contributed by atoms with Gasteiger partial charge < -0.3 is 15.2 Å². The van der Waals surface area contributed by atoms with E-state index < -0.39 is 0 Å². The van der Waals surface area contributed by atoms with E-state index in [4.69, 9.17) is 15.2 Å². The summed E-state index contributed by atoms with van der Waals surface area (Å²) in [6.45, 7) is 7.85. The Balaban J connectivity index is 1.74. The Morgan fingerprint density at radius 1 is 1.17 bits per heavy atom. The van der Waals surface area contributed by atoms with Crippen molar-refractivity contribution >= 4 is 23.6 Å². The molecule has 11 heteroatoms. The third-order valence-electron chi connectivity index (χ3n) is 6.15. The van der Waals surface area contributed by atoms with Gasteiger partial charge >= 0.3 is 0 Å². The molecule has 0 aromatic carbocycles. The predicted molar refractivity (Wildman–Crippen MR) is 134 cm³/mol. The maximum atomic E-state index is 6.43. The minimum atomic E-state index is -0.109. The highest BCUT2D eigenvalue weighted by Crippen LogP contribution is 2.34. The number of ether oxygens (including phenoxy) is 2. The summed E-state index contributed by atoms with van der Waals surface area (Å²) in [4.78, 5) is 11.4. The van der Waals surface area contributed by atoms with Crippen molar-refractivity contribution in [1.29, 1.82) is 0 Å². The average Bonchev–Trinajstić information content (AvgIpc) is 3.41. The van der Waals surface area contributed by atoms with E-state index >= 15 is 0 Å². The first-order chi connectivity index (χ1) is 16.8. The van der Waals surface area contributed by atoms with Gasteiger partial charge in [0.1, 0.15) is 6.10 Å². The number of fused-ring (bicyclic) bond motifs is 4. The summed E-state index contributed by atoms with van der Waals surface area (Å²) in [6, 6.07) is 0. The zero-order valence-corrected chi connectivity index (χ0v) is 21.0. The van der Waals surface area contributed by atoms with Crippen LogP contribution < -0.4 is 15.2 Å². The van der Waals surface area contributed by atoms with E-state index in [2.05, 4.69) is 39.0 Å². The van der Waals surface area contributed by atoms with E-state index in [1.807, 2.05) is 55.4 Å². The molecule has 5 heterocycles. The molecule has 1 aliphatic rings. The van der Waals surface area contributed by atoms with Gasteiger partial charge in [-0.25, -0.2) is 14.6 Å². The number of nitrogens with two attached hydrogens (primary N) is 1. The Morgan fingerprint density at radius 3 is 2.74 bits per heavy atom. The Labute approximate surface area is 203 Å². The van der Waals surface area contributed by atoms with Crippen molar-refractivity contribution in [3.8, 4) is 23.0 Å². The summed E-state index contributed by atoms with van der Waals surface area (Å²) in [6.07, 6.45) is 7.63. The number of imidazole rings is 1. The molecule has 5 rings (SSSR count). The first kappa shape index (κ1) is 22.9. The Bertz CT molecular complexity index is 1430. The highest BCUT2D eigenvalue weighted by Gasteiger charge is 2.24. The van der Waals surface area contributed by atoms with E-state index in [9.17, 15) is 0 Å². The third kappa shape index (κ3) is 4.01. The fourth-order valence-corrected chi connectivity index (χ4v) is 4.64. The largest absolute Gasteiger partial charge is 0.476 e. The van der Waals surface area contributed by atoms with E-state index in [0.29, 0.717) is 48.6 Å². The van der Waals surface area contributed by atoms with E-state index in [0.717, 1.165) is 28.2 Å². The lowest BCUT2D eigenvalue weighted by molar-refractivity contribution is 0.147. The molecule has 0 aliphatic carbocycles. The van der Waals surface area contributed by atoms with Crippen LogP contribution in [-0.2, 0) is 20.6 Å². The molecule has 2 N–H and O–H groups in total. The molecular weight excluding hydrogens is 446 g/mol. The van der Waals surface area contributed by atoms with Crippen LogP contribution in [0.4, 0.5) is 5.82 Å². The Morgan fingerprint density at radius 2 is 1.97 bits per heavy atom. The molecule has 0 amide bonds. The number of likely N-dealkylation sites (N-methyl/N-ethyl adjacent to an activating group) is 1. The molecule has 1 atom stereocenters. The van der Waals surface area contributed by atoms with E-state index in [-0.39, 0.29) is 6.10 Å². The molecule has 4 aromatic heterocycles. The number of anilines is 1. The summed E-state index contributed by atoms with van der Waals surface area (Å²) in [7, 11) is 5.88. The number of nitrogen functional groups attached to an aromatic ring is 1. The quantitative estimate of drug-likeness (QED) is 0.469. The second-order valence-electron chi connectivity index (χ2n) is 8.96. The summed E-state index contributed by atoms with van der Waals surface area (Å²) < 4.78 is 17.9. The van der Waals surface area contributed by atoms with Crippen LogP contribution in [0.5, 0.6) is 11.8 Å². The van der Waals surface area contributed by atoms with Crippen LogP contribution in [0.2, 0.25) is 0 Å². The van der Waals surface area contributed by atoms with Gasteiger partial charge in [0.2, 0.25) is 11.8 Å². The topological polar surface area (TPSA) is 114 Å². The molecule has 1 unspecified atom stereocenters. The van der Waals surface area contributed by atoms with Crippen LogP contribution in [0, 0.1) is 6.92 Å². The number of rotatable bonds is 2. The lowest BCUT2D eigenvalue weighted by Gasteiger charge is -2.23. The predicted octanol–water partition coefficient (Wildman–Crippen LogP) is 2.54. The van der Waals surface area contributed by atoms with Crippen LogP contribution in [0.25, 0.3) is 29.1 Å². The molecule has 11 nitrogen and oxygen atoms in total. The smallest absolute Gasteiger partial charge is 0.240 e. The summed E-state index contributed by atoms with van der Waals surface area (Å²) in [5.74, 6) is 1.60. The van der Waals surface area contributed by atoms with Gasteiger partial charge in [0.25, 0.3) is 0 Å². The van der Waals surface area contributed by atoms with Crippen molar-refractivity contribution < 1.29 is 9.47 Å². The zero-order valence-electron chi connectivity index (χ0n) is 21.0. The van der Waals surface area contributed by atoms with Gasteiger partial charge in [0.15, 0.2) is 11.5 Å². The normalized spacial score (nSPS) is 17.5. The van der Waals surface area contributed by atoms with Crippen LogP contribution in [0.3, 0.4) is 0 Å². The number of aromatic nitrogens is 7. The van der Waals surface area contributed by atoms with Gasteiger partial charge in [-0.05, 0) is 40.0 Å². The number of hydrogen-bond donors (Lipinski definition) is 1. The zero-order chi connectivity index (χ0) is 24.9. The molecule has 184 valence electrons. The number of aryl methyl sites for hydroxylation is 3. The minimum absolute atomic E-state index is 0.109. The van der Waals surface area contributed by atoms with Crippen LogP contribution in [0.1, 0.15) is 36.5 Å². The average molecular weight is 478 g/mol. The molecule has 0 spiro atoms. The lowest BCUT2D eigenvalue weighted by atomic mass is 10.2. The number of hydrogen-bond acceptors (Lipinski definition) is 8. The highest BCUT2D eigenvalue weighted by atomic mass is 16.5. The second kappa shape index (κ2) is 8.73. The molecule has 0 saturated heterocycles. The molecule has 1 aliphatic heterocycles. The molecule has 0 saturated carbocycles. The van der Waals surface area contributed by atoms with Crippen molar-refractivity contribution in [3.63, 3.8) is 0 Å². The van der Waals surface area contributed by atoms with Crippen molar-refractivity contribution in [2.45, 2.75) is 33.4 Å². The van der Waals surface area contributed by atoms with Crippen molar-refractivity contribution in [2.24, 2.45) is 14.1 Å². The fraction of sp³-hybridized carbons (Fsp3) is 0.417. The van der Waals surface area contributed by atoms with E-state index in [1.165, 1.54) is 0 Å². The maximum absolute atomic E-state index is 6.43. The molecule has 35 heavy (non-hydrogen) atoms. The monoisotopic (exact) mass is 477 g/mol. The molecule has 0 radical (unpaired) electrons. The summed E-state index contributed by atoms with van der Waals surface area (Å²) in [5.41, 5.74) is 12.1. The first-order valence-electron chi connectivity index (χ1n) is 11.7. The Kier molecular flexibility index (Phi) is 5.72. The highest BCUT2D eigenvalue weighted by molar-refractivity contribution is 5.77. The van der Waals surface area contributed by atoms with Gasteiger partial charge in [-0.2, -0.15) is 5.10 Å². The van der Waals surface area contributed by atoms with Crippen molar-refractivity contribution in [2.75, 3.05) is 25.9 Å². The maximum Gasteiger partial charge on any atom is 0.240 e. The Hall–Kier alpha value is -3.86. The molecule has 4 aromatic rings. The molecule has 0 fully saturated rings. The van der Waals surface area contributed by atoms with Crippen LogP contribution >= 0.6 is 0 Å². The number of nitrogens with zero attached hydrogens (tertiary/aromatic N) is 8. The van der Waals surface area contributed by atoms with Crippen LogP contribution in [-0.4, -0.2) is 65.1 Å². The van der Waals surface area contributed by atoms with Gasteiger partial charge in [-0.3, -0.25) is 14.0 Å².